The molecule has 1 saturated carbocycles. The summed E-state index contributed by atoms with van der Waals surface area (Å²) < 4.78 is 0. The van der Waals surface area contributed by atoms with Crippen molar-refractivity contribution in [1.29, 1.82) is 0 Å². The second-order valence-electron chi connectivity index (χ2n) is 5.13. The molecule has 0 bridgehead atoms. The quantitative estimate of drug-likeness (QED) is 0.649. The van der Waals surface area contributed by atoms with Crippen LogP contribution in [0.1, 0.15) is 52.4 Å². The molecule has 0 amide bonds. The maximum Gasteiger partial charge on any atom is 0.00997 e. The standard InChI is InChI=1S/C15H24S/c1-3-12-10-15(11-13(12)4-2)16-14-8-6-5-7-9-14/h6,8-9,12-13,15H,3-5,7,10-11H2,1-2H3. The van der Waals surface area contributed by atoms with E-state index in [0.29, 0.717) is 0 Å². The van der Waals surface area contributed by atoms with Crippen molar-refractivity contribution in [3.05, 3.63) is 23.1 Å². The van der Waals surface area contributed by atoms with Crippen LogP contribution in [0.25, 0.3) is 0 Å². The number of rotatable bonds is 4. The Morgan fingerprint density at radius 3 is 2.31 bits per heavy atom. The minimum atomic E-state index is 0.892. The number of allylic oxidation sites excluding steroid dienone is 3. The van der Waals surface area contributed by atoms with Crippen LogP contribution in [0.3, 0.4) is 0 Å². The zero-order valence-corrected chi connectivity index (χ0v) is 11.4. The lowest BCUT2D eigenvalue weighted by Crippen LogP contribution is -2.04. The van der Waals surface area contributed by atoms with Gasteiger partial charge < -0.3 is 0 Å². The minimum Gasteiger partial charge on any atom is -0.123 e. The molecule has 0 N–H and O–H groups in total. The first kappa shape index (κ1) is 12.3. The van der Waals surface area contributed by atoms with E-state index in [1.54, 1.807) is 0 Å². The molecule has 0 spiro atoms. The van der Waals surface area contributed by atoms with Crippen LogP contribution < -0.4 is 0 Å². The Kier molecular flexibility index (Phi) is 4.57. The van der Waals surface area contributed by atoms with Gasteiger partial charge in [0.2, 0.25) is 0 Å². The van der Waals surface area contributed by atoms with Crippen molar-refractivity contribution in [2.45, 2.75) is 57.6 Å². The van der Waals surface area contributed by atoms with Crippen molar-refractivity contribution in [2.75, 3.05) is 0 Å². The Balaban J connectivity index is 1.87. The number of hydrogen-bond acceptors (Lipinski definition) is 1. The van der Waals surface area contributed by atoms with E-state index in [-0.39, 0.29) is 0 Å². The Labute approximate surface area is 105 Å². The highest BCUT2D eigenvalue weighted by Crippen LogP contribution is 2.44. The molecule has 90 valence electrons. The summed E-state index contributed by atoms with van der Waals surface area (Å²) in [5.41, 5.74) is 0. The molecule has 1 heteroatoms. The molecule has 2 unspecified atom stereocenters. The maximum absolute atomic E-state index is 2.42. The Morgan fingerprint density at radius 1 is 1.12 bits per heavy atom. The van der Waals surface area contributed by atoms with Crippen LogP contribution >= 0.6 is 11.8 Å². The number of thioether (sulfide) groups is 1. The molecule has 0 radical (unpaired) electrons. The van der Waals surface area contributed by atoms with Crippen LogP contribution in [0.4, 0.5) is 0 Å². The highest BCUT2D eigenvalue weighted by atomic mass is 32.2. The van der Waals surface area contributed by atoms with Crippen LogP contribution in [0, 0.1) is 11.8 Å². The summed E-state index contributed by atoms with van der Waals surface area (Å²) in [4.78, 5) is 1.53. The van der Waals surface area contributed by atoms with Crippen molar-refractivity contribution in [3.63, 3.8) is 0 Å². The third kappa shape index (κ3) is 2.94. The lowest BCUT2D eigenvalue weighted by molar-refractivity contribution is 0.367. The first-order valence-electron chi connectivity index (χ1n) is 6.86. The third-order valence-corrected chi connectivity index (χ3v) is 5.40. The Morgan fingerprint density at radius 2 is 1.81 bits per heavy atom. The minimum absolute atomic E-state index is 0.892. The monoisotopic (exact) mass is 236 g/mol. The van der Waals surface area contributed by atoms with Crippen molar-refractivity contribution < 1.29 is 0 Å². The van der Waals surface area contributed by atoms with Crippen LogP contribution in [-0.2, 0) is 0 Å². The van der Waals surface area contributed by atoms with E-state index >= 15 is 0 Å². The average Bonchev–Trinajstić information content (AvgIpc) is 2.72. The van der Waals surface area contributed by atoms with Gasteiger partial charge in [-0.05, 0) is 37.5 Å². The number of hydrogen-bond donors (Lipinski definition) is 0. The molecule has 0 aromatic heterocycles. The van der Waals surface area contributed by atoms with Gasteiger partial charge in [-0.25, -0.2) is 0 Å². The Bertz CT molecular complexity index is 265. The fourth-order valence-corrected chi connectivity index (χ4v) is 4.58. The second kappa shape index (κ2) is 5.95. The summed E-state index contributed by atoms with van der Waals surface area (Å²) in [6.45, 7) is 4.72. The molecule has 0 aromatic rings. The SMILES string of the molecule is CCC1CC(SC2=CCCC=C2)CC1CC. The average molecular weight is 236 g/mol. The zero-order chi connectivity index (χ0) is 11.4. The van der Waals surface area contributed by atoms with Gasteiger partial charge in [0, 0.05) is 10.2 Å². The van der Waals surface area contributed by atoms with Gasteiger partial charge in [-0.1, -0.05) is 44.9 Å². The van der Waals surface area contributed by atoms with Crippen molar-refractivity contribution in [1.82, 2.24) is 0 Å². The van der Waals surface area contributed by atoms with E-state index in [4.69, 9.17) is 0 Å². The van der Waals surface area contributed by atoms with Gasteiger partial charge >= 0.3 is 0 Å². The molecule has 0 heterocycles. The molecule has 1 fully saturated rings. The van der Waals surface area contributed by atoms with E-state index in [9.17, 15) is 0 Å². The van der Waals surface area contributed by atoms with Gasteiger partial charge in [0.15, 0.2) is 0 Å². The predicted molar refractivity (Wildman–Crippen MR) is 74.6 cm³/mol. The van der Waals surface area contributed by atoms with Crippen LogP contribution in [0.15, 0.2) is 23.1 Å². The molecule has 0 aromatic carbocycles. The van der Waals surface area contributed by atoms with Gasteiger partial charge in [0.05, 0.1) is 0 Å². The van der Waals surface area contributed by atoms with E-state index in [1.165, 1.54) is 43.4 Å². The summed E-state index contributed by atoms with van der Waals surface area (Å²) in [6, 6.07) is 0. The van der Waals surface area contributed by atoms with Crippen molar-refractivity contribution in [2.24, 2.45) is 11.8 Å². The second-order valence-corrected chi connectivity index (χ2v) is 6.51. The smallest absolute Gasteiger partial charge is 0.00997 e. The van der Waals surface area contributed by atoms with E-state index in [1.807, 2.05) is 0 Å². The van der Waals surface area contributed by atoms with Crippen LogP contribution in [0.2, 0.25) is 0 Å². The topological polar surface area (TPSA) is 0 Å². The zero-order valence-electron chi connectivity index (χ0n) is 10.6. The molecule has 2 aliphatic carbocycles. The van der Waals surface area contributed by atoms with E-state index in [2.05, 4.69) is 43.8 Å². The molecule has 2 aliphatic rings. The van der Waals surface area contributed by atoms with Gasteiger partial charge in [0.25, 0.3) is 0 Å². The first-order valence-corrected chi connectivity index (χ1v) is 7.74. The molecule has 16 heavy (non-hydrogen) atoms. The summed E-state index contributed by atoms with van der Waals surface area (Å²) >= 11 is 2.14. The first-order chi connectivity index (χ1) is 7.83. The highest BCUT2D eigenvalue weighted by molar-refractivity contribution is 8.03. The molecule has 0 nitrogen and oxygen atoms in total. The van der Waals surface area contributed by atoms with Crippen molar-refractivity contribution >= 4 is 11.8 Å². The van der Waals surface area contributed by atoms with E-state index < -0.39 is 0 Å². The predicted octanol–water partition coefficient (Wildman–Crippen LogP) is 5.17. The van der Waals surface area contributed by atoms with Crippen LogP contribution in [-0.4, -0.2) is 5.25 Å². The van der Waals surface area contributed by atoms with Gasteiger partial charge in [-0.15, -0.1) is 11.8 Å². The molecular weight excluding hydrogens is 212 g/mol. The fraction of sp³-hybridized carbons (Fsp3) is 0.733. The Hall–Kier alpha value is -0.170. The highest BCUT2D eigenvalue weighted by Gasteiger charge is 2.32. The van der Waals surface area contributed by atoms with Crippen LogP contribution in [0.5, 0.6) is 0 Å². The normalized spacial score (nSPS) is 34.1. The molecule has 2 rings (SSSR count). The maximum atomic E-state index is 2.42. The van der Waals surface area contributed by atoms with E-state index in [0.717, 1.165) is 17.1 Å². The third-order valence-electron chi connectivity index (χ3n) is 4.11. The van der Waals surface area contributed by atoms with Gasteiger partial charge in [0.1, 0.15) is 0 Å². The van der Waals surface area contributed by atoms with Crippen molar-refractivity contribution in [3.8, 4) is 0 Å². The molecular formula is C15H24S. The largest absolute Gasteiger partial charge is 0.123 e. The summed E-state index contributed by atoms with van der Waals surface area (Å²) in [5.74, 6) is 1.99. The molecule has 2 atom stereocenters. The molecule has 0 saturated heterocycles. The molecule has 0 aliphatic heterocycles. The fourth-order valence-electron chi connectivity index (χ4n) is 3.12. The summed E-state index contributed by atoms with van der Waals surface area (Å²) in [6.07, 6.45) is 15.2. The van der Waals surface area contributed by atoms with Gasteiger partial charge in [-0.2, -0.15) is 0 Å². The lowest BCUT2D eigenvalue weighted by Gasteiger charge is -2.14. The van der Waals surface area contributed by atoms with Gasteiger partial charge in [-0.3, -0.25) is 0 Å². The summed E-state index contributed by atoms with van der Waals surface area (Å²) in [7, 11) is 0. The lowest BCUT2D eigenvalue weighted by atomic mass is 9.92. The summed E-state index contributed by atoms with van der Waals surface area (Å²) in [5, 5.41) is 0.892.